The highest BCUT2D eigenvalue weighted by Crippen LogP contribution is 2.23. The third-order valence-electron chi connectivity index (χ3n) is 3.98. The molecule has 0 spiro atoms. The van der Waals surface area contributed by atoms with Crippen molar-refractivity contribution in [1.82, 2.24) is 4.90 Å². The van der Waals surface area contributed by atoms with Crippen molar-refractivity contribution >= 4 is 23.3 Å². The summed E-state index contributed by atoms with van der Waals surface area (Å²) in [6, 6.07) is 5.39. The second kappa shape index (κ2) is 7.97. The van der Waals surface area contributed by atoms with E-state index in [1.807, 2.05) is 19.1 Å². The molecule has 6 heteroatoms. The second-order valence-electron chi connectivity index (χ2n) is 6.26. The van der Waals surface area contributed by atoms with Gasteiger partial charge in [-0.3, -0.25) is 4.79 Å². The quantitative estimate of drug-likeness (QED) is 0.815. The molecule has 0 aromatic heterocycles. The number of aryl methyl sites for hydroxylation is 1. The lowest BCUT2D eigenvalue weighted by atomic mass is 10.1. The average molecular weight is 331 g/mol. The Labute approximate surface area is 142 Å². The molecule has 1 unspecified atom stereocenters. The number of ether oxygens (including phenoxy) is 1. The summed E-state index contributed by atoms with van der Waals surface area (Å²) >= 11 is 0. The minimum atomic E-state index is -0.234. The first-order chi connectivity index (χ1) is 11.4. The van der Waals surface area contributed by atoms with Crippen molar-refractivity contribution in [3.8, 4) is 0 Å². The van der Waals surface area contributed by atoms with E-state index in [1.54, 1.807) is 17.0 Å². The maximum atomic E-state index is 12.6. The van der Waals surface area contributed by atoms with Crippen LogP contribution >= 0.6 is 0 Å². The van der Waals surface area contributed by atoms with Gasteiger partial charge in [-0.1, -0.05) is 32.1 Å². The van der Waals surface area contributed by atoms with Gasteiger partial charge in [0, 0.05) is 25.0 Å². The molecular weight excluding hydrogens is 306 g/mol. The first-order valence-electron chi connectivity index (χ1n) is 8.06. The molecule has 1 aromatic carbocycles. The van der Waals surface area contributed by atoms with E-state index in [0.29, 0.717) is 23.8 Å². The number of hydrogen-bond acceptors (Lipinski definition) is 3. The summed E-state index contributed by atoms with van der Waals surface area (Å²) in [5, 5.41) is 5.69. The van der Waals surface area contributed by atoms with E-state index in [4.69, 9.17) is 4.74 Å². The Balaban J connectivity index is 2.08. The summed E-state index contributed by atoms with van der Waals surface area (Å²) in [7, 11) is 1.47. The first-order valence-corrected chi connectivity index (χ1v) is 8.06. The summed E-state index contributed by atoms with van der Waals surface area (Å²) < 4.78 is 4.80. The maximum absolute atomic E-state index is 12.6. The van der Waals surface area contributed by atoms with Crippen LogP contribution in [0, 0.1) is 12.8 Å². The molecule has 2 N–H and O–H groups in total. The number of benzene rings is 1. The van der Waals surface area contributed by atoms with E-state index in [9.17, 15) is 9.59 Å². The van der Waals surface area contributed by atoms with E-state index < -0.39 is 0 Å². The minimum Gasteiger partial charge on any atom is -0.375 e. The van der Waals surface area contributed by atoms with Gasteiger partial charge < -0.3 is 20.3 Å². The molecule has 0 saturated carbocycles. The maximum Gasteiger partial charge on any atom is 0.322 e. The predicted molar refractivity (Wildman–Crippen MR) is 95.2 cm³/mol. The highest BCUT2D eigenvalue weighted by molar-refractivity contribution is 5.95. The summed E-state index contributed by atoms with van der Waals surface area (Å²) in [5.41, 5.74) is 2.24. The largest absolute Gasteiger partial charge is 0.375 e. The van der Waals surface area contributed by atoms with Crippen LogP contribution in [0.25, 0.3) is 0 Å². The van der Waals surface area contributed by atoms with Crippen LogP contribution in [0.3, 0.4) is 0 Å². The molecule has 2 rings (SSSR count). The number of hydrogen-bond donors (Lipinski definition) is 2. The van der Waals surface area contributed by atoms with Gasteiger partial charge in [-0.2, -0.15) is 0 Å². The Morgan fingerprint density at radius 3 is 2.75 bits per heavy atom. The molecule has 0 aliphatic carbocycles. The van der Waals surface area contributed by atoms with Crippen molar-refractivity contribution in [1.29, 1.82) is 0 Å². The number of carbonyl (C=O) groups excluding carboxylic acids is 2. The Morgan fingerprint density at radius 2 is 2.08 bits per heavy atom. The molecule has 1 aliphatic heterocycles. The zero-order valence-corrected chi connectivity index (χ0v) is 14.6. The van der Waals surface area contributed by atoms with Crippen LogP contribution < -0.4 is 10.6 Å². The van der Waals surface area contributed by atoms with E-state index >= 15 is 0 Å². The lowest BCUT2D eigenvalue weighted by Gasteiger charge is -2.28. The molecule has 1 aromatic rings. The van der Waals surface area contributed by atoms with Crippen molar-refractivity contribution in [2.24, 2.45) is 5.92 Å². The van der Waals surface area contributed by atoms with Crippen molar-refractivity contribution in [3.63, 3.8) is 0 Å². The number of anilines is 2. The highest BCUT2D eigenvalue weighted by atomic mass is 16.5. The van der Waals surface area contributed by atoms with Crippen molar-refractivity contribution in [2.75, 3.05) is 30.9 Å². The Morgan fingerprint density at radius 1 is 1.33 bits per heavy atom. The lowest BCUT2D eigenvalue weighted by Crippen LogP contribution is -2.41. The molecule has 1 atom stereocenters. The predicted octanol–water partition coefficient (Wildman–Crippen LogP) is 3.01. The number of methoxy groups -OCH3 is 1. The number of urea groups is 1. The summed E-state index contributed by atoms with van der Waals surface area (Å²) in [4.78, 5) is 26.0. The van der Waals surface area contributed by atoms with Crippen LogP contribution in [-0.2, 0) is 9.53 Å². The molecule has 0 radical (unpaired) electrons. The standard InChI is InChI=1S/C18H25N3O3/c1-12(2)16-6-5-9-21(16)18(23)20-15-10-14(8-7-13(15)3)19-17(22)11-24-4/h5-8,10,12,16H,9,11H2,1-4H3,(H,19,22)(H,20,23). The average Bonchev–Trinajstić information content (AvgIpc) is 3.00. The van der Waals surface area contributed by atoms with Gasteiger partial charge in [0.2, 0.25) is 5.91 Å². The molecule has 3 amide bonds. The van der Waals surface area contributed by atoms with E-state index in [2.05, 4.69) is 30.6 Å². The first kappa shape index (κ1) is 18.0. The van der Waals surface area contributed by atoms with E-state index in [1.165, 1.54) is 7.11 Å². The fourth-order valence-electron chi connectivity index (χ4n) is 2.69. The van der Waals surface area contributed by atoms with Crippen molar-refractivity contribution in [2.45, 2.75) is 26.8 Å². The van der Waals surface area contributed by atoms with Gasteiger partial charge in [0.15, 0.2) is 0 Å². The molecular formula is C18H25N3O3. The number of nitrogens with zero attached hydrogens (tertiary/aromatic N) is 1. The van der Waals surface area contributed by atoms with E-state index in [-0.39, 0.29) is 24.6 Å². The minimum absolute atomic E-state index is 0.00884. The SMILES string of the molecule is COCC(=O)Nc1ccc(C)c(NC(=O)N2CC=CC2C(C)C)c1. The van der Waals surface area contributed by atoms with Gasteiger partial charge in [-0.05, 0) is 30.5 Å². The normalized spacial score (nSPS) is 16.5. The topological polar surface area (TPSA) is 70.7 Å². The summed E-state index contributed by atoms with van der Waals surface area (Å²) in [6.07, 6.45) is 4.08. The zero-order valence-electron chi connectivity index (χ0n) is 14.6. The Kier molecular flexibility index (Phi) is 5.98. The fourth-order valence-corrected chi connectivity index (χ4v) is 2.69. The van der Waals surface area contributed by atoms with Crippen molar-refractivity contribution in [3.05, 3.63) is 35.9 Å². The van der Waals surface area contributed by atoms with Crippen LogP contribution in [-0.4, -0.2) is 43.1 Å². The van der Waals surface area contributed by atoms with Gasteiger partial charge in [0.05, 0.1) is 6.04 Å². The van der Waals surface area contributed by atoms with Gasteiger partial charge in [0.1, 0.15) is 6.61 Å². The molecule has 0 bridgehead atoms. The smallest absolute Gasteiger partial charge is 0.322 e. The molecule has 0 fully saturated rings. The van der Waals surface area contributed by atoms with E-state index in [0.717, 1.165) is 5.56 Å². The number of carbonyl (C=O) groups is 2. The molecule has 6 nitrogen and oxygen atoms in total. The molecule has 0 saturated heterocycles. The zero-order chi connectivity index (χ0) is 17.7. The Hall–Kier alpha value is -2.34. The van der Waals surface area contributed by atoms with Gasteiger partial charge in [-0.15, -0.1) is 0 Å². The third-order valence-corrected chi connectivity index (χ3v) is 3.98. The Bertz CT molecular complexity index is 640. The van der Waals surface area contributed by atoms with Crippen LogP contribution in [0.15, 0.2) is 30.4 Å². The molecule has 130 valence electrons. The second-order valence-corrected chi connectivity index (χ2v) is 6.26. The van der Waals surface area contributed by atoms with Gasteiger partial charge in [-0.25, -0.2) is 4.79 Å². The highest BCUT2D eigenvalue weighted by Gasteiger charge is 2.27. The molecule has 24 heavy (non-hydrogen) atoms. The van der Waals surface area contributed by atoms with Gasteiger partial charge in [0.25, 0.3) is 0 Å². The fraction of sp³-hybridized carbons (Fsp3) is 0.444. The third kappa shape index (κ3) is 4.35. The lowest BCUT2D eigenvalue weighted by molar-refractivity contribution is -0.119. The summed E-state index contributed by atoms with van der Waals surface area (Å²) in [5.74, 6) is 0.123. The van der Waals surface area contributed by atoms with Crippen molar-refractivity contribution < 1.29 is 14.3 Å². The summed E-state index contributed by atoms with van der Waals surface area (Å²) in [6.45, 7) is 6.71. The van der Waals surface area contributed by atoms with Crippen LogP contribution in [0.1, 0.15) is 19.4 Å². The molecule has 1 heterocycles. The molecule has 1 aliphatic rings. The van der Waals surface area contributed by atoms with Gasteiger partial charge >= 0.3 is 6.03 Å². The number of rotatable bonds is 5. The van der Waals surface area contributed by atoms with Crippen LogP contribution in [0.4, 0.5) is 16.2 Å². The van der Waals surface area contributed by atoms with Crippen LogP contribution in [0.2, 0.25) is 0 Å². The number of amides is 3. The van der Waals surface area contributed by atoms with Crippen LogP contribution in [0.5, 0.6) is 0 Å². The monoisotopic (exact) mass is 331 g/mol. The number of nitrogens with one attached hydrogen (secondary N) is 2.